The number of alkyl carbamates (subject to hydrolysis) is 1. The molecule has 3 N–H and O–H groups in total. The second kappa shape index (κ2) is 12.8. The molecule has 3 aromatic carbocycles. The van der Waals surface area contributed by atoms with Gasteiger partial charge < -0.3 is 30.0 Å². The first-order valence-electron chi connectivity index (χ1n) is 13.0. The van der Waals surface area contributed by atoms with Crippen molar-refractivity contribution in [3.63, 3.8) is 0 Å². The first kappa shape index (κ1) is 28.8. The molecule has 0 spiro atoms. The molecule has 0 heterocycles. The summed E-state index contributed by atoms with van der Waals surface area (Å²) >= 11 is 0. The number of amides is 2. The Balaban J connectivity index is 1.40. The van der Waals surface area contributed by atoms with Crippen molar-refractivity contribution in [1.29, 1.82) is 0 Å². The van der Waals surface area contributed by atoms with Crippen molar-refractivity contribution in [2.75, 3.05) is 20.3 Å². The molecule has 0 bridgehead atoms. The van der Waals surface area contributed by atoms with E-state index in [1.165, 1.54) is 14.0 Å². The van der Waals surface area contributed by atoms with Crippen molar-refractivity contribution in [2.45, 2.75) is 44.1 Å². The number of nitrogens with one attached hydrogen (secondary N) is 2. The van der Waals surface area contributed by atoms with Gasteiger partial charge in [0.1, 0.15) is 12.1 Å². The number of carbonyl (C=O) groups is 3. The largest absolute Gasteiger partial charge is 0.480 e. The molecule has 0 aliphatic heterocycles. The molecule has 0 aromatic heterocycles. The van der Waals surface area contributed by atoms with Gasteiger partial charge in [-0.05, 0) is 41.7 Å². The molecule has 0 radical (unpaired) electrons. The number of carbonyl (C=O) groups excluding carboxylic acids is 2. The second-order valence-corrected chi connectivity index (χ2v) is 10.0. The Morgan fingerprint density at radius 1 is 0.925 bits per heavy atom. The van der Waals surface area contributed by atoms with E-state index in [0.717, 1.165) is 27.8 Å². The highest BCUT2D eigenvalue weighted by Crippen LogP contribution is 2.44. The van der Waals surface area contributed by atoms with Crippen LogP contribution in [0.25, 0.3) is 11.1 Å². The van der Waals surface area contributed by atoms with Crippen molar-refractivity contribution in [2.24, 2.45) is 0 Å². The Kier molecular flexibility index (Phi) is 9.19. The van der Waals surface area contributed by atoms with Gasteiger partial charge in [0.15, 0.2) is 6.04 Å². The van der Waals surface area contributed by atoms with Gasteiger partial charge in [-0.25, -0.2) is 9.59 Å². The fourth-order valence-electron chi connectivity index (χ4n) is 4.89. The number of rotatable bonds is 12. The van der Waals surface area contributed by atoms with Crippen LogP contribution in [-0.2, 0) is 30.4 Å². The summed E-state index contributed by atoms with van der Waals surface area (Å²) in [5.41, 5.74) is 3.57. The SMILES string of the molecule is COCC(C)(NC(=O)OCC1c2ccccc2-c2ccccc21)C(=O)NC(C(=O)O)C(C)OCc1ccccc1. The molecule has 1 aliphatic rings. The van der Waals surface area contributed by atoms with Crippen LogP contribution in [0.5, 0.6) is 0 Å². The van der Waals surface area contributed by atoms with Gasteiger partial charge in [-0.1, -0.05) is 78.9 Å². The molecular formula is C31H34N2O7. The van der Waals surface area contributed by atoms with Gasteiger partial charge in [-0.3, -0.25) is 4.79 Å². The van der Waals surface area contributed by atoms with E-state index in [-0.39, 0.29) is 25.7 Å². The lowest BCUT2D eigenvalue weighted by Gasteiger charge is -2.31. The molecule has 9 heteroatoms. The zero-order valence-corrected chi connectivity index (χ0v) is 22.8. The van der Waals surface area contributed by atoms with E-state index in [4.69, 9.17) is 14.2 Å². The Bertz CT molecular complexity index is 1300. The average molecular weight is 547 g/mol. The number of methoxy groups -OCH3 is 1. The fraction of sp³-hybridized carbons (Fsp3) is 0.323. The van der Waals surface area contributed by atoms with E-state index in [1.54, 1.807) is 6.92 Å². The van der Waals surface area contributed by atoms with Crippen molar-refractivity contribution in [3.8, 4) is 11.1 Å². The molecule has 1 aliphatic carbocycles. The zero-order chi connectivity index (χ0) is 28.7. The standard InChI is InChI=1S/C31H34N2O7/c1-20(39-17-21-11-5-4-6-12-21)27(28(34)35)32-29(36)31(2,19-38-3)33-30(37)40-18-26-24-15-9-7-13-22(24)23-14-8-10-16-25(23)26/h4-16,20,26-27H,17-19H2,1-3H3,(H,32,36)(H,33,37)(H,34,35). The van der Waals surface area contributed by atoms with Crippen molar-refractivity contribution in [1.82, 2.24) is 10.6 Å². The third-order valence-corrected chi connectivity index (χ3v) is 7.03. The third-order valence-electron chi connectivity index (χ3n) is 7.03. The number of carboxylic acids is 1. The number of ether oxygens (including phenoxy) is 3. The lowest BCUT2D eigenvalue weighted by atomic mass is 9.98. The summed E-state index contributed by atoms with van der Waals surface area (Å²) in [5.74, 6) is -2.17. The maximum Gasteiger partial charge on any atom is 0.408 e. The van der Waals surface area contributed by atoms with Crippen molar-refractivity contribution in [3.05, 3.63) is 95.6 Å². The van der Waals surface area contributed by atoms with E-state index in [1.807, 2.05) is 78.9 Å². The van der Waals surface area contributed by atoms with E-state index in [0.29, 0.717) is 0 Å². The van der Waals surface area contributed by atoms with Gasteiger partial charge in [0, 0.05) is 13.0 Å². The second-order valence-electron chi connectivity index (χ2n) is 10.0. The van der Waals surface area contributed by atoms with Gasteiger partial charge in [0.2, 0.25) is 5.91 Å². The molecule has 210 valence electrons. The van der Waals surface area contributed by atoms with Crippen LogP contribution in [0.4, 0.5) is 4.79 Å². The minimum Gasteiger partial charge on any atom is -0.480 e. The van der Waals surface area contributed by atoms with Gasteiger partial charge >= 0.3 is 12.1 Å². The van der Waals surface area contributed by atoms with Crippen LogP contribution in [-0.4, -0.2) is 61.1 Å². The first-order valence-corrected chi connectivity index (χ1v) is 13.0. The quantitative estimate of drug-likeness (QED) is 0.313. The molecule has 3 aromatic rings. The Labute approximate surface area is 233 Å². The minimum atomic E-state index is -1.61. The maximum atomic E-state index is 13.3. The summed E-state index contributed by atoms with van der Waals surface area (Å²) < 4.78 is 16.5. The van der Waals surface area contributed by atoms with Gasteiger partial charge in [-0.2, -0.15) is 0 Å². The molecule has 40 heavy (non-hydrogen) atoms. The monoisotopic (exact) mass is 546 g/mol. The number of carboxylic acid groups (broad SMARTS) is 1. The molecule has 3 unspecified atom stereocenters. The lowest BCUT2D eigenvalue weighted by Crippen LogP contribution is -2.63. The molecule has 0 fully saturated rings. The lowest BCUT2D eigenvalue weighted by molar-refractivity contribution is -0.148. The highest BCUT2D eigenvalue weighted by atomic mass is 16.5. The maximum absolute atomic E-state index is 13.3. The summed E-state index contributed by atoms with van der Waals surface area (Å²) in [7, 11) is 1.38. The predicted molar refractivity (Wildman–Crippen MR) is 149 cm³/mol. The predicted octanol–water partition coefficient (Wildman–Crippen LogP) is 4.10. The van der Waals surface area contributed by atoms with Crippen LogP contribution in [0.2, 0.25) is 0 Å². The minimum absolute atomic E-state index is 0.0622. The van der Waals surface area contributed by atoms with Gasteiger partial charge in [-0.15, -0.1) is 0 Å². The summed E-state index contributed by atoms with van der Waals surface area (Å²) in [5, 5.41) is 14.9. The molecular weight excluding hydrogens is 512 g/mol. The smallest absolute Gasteiger partial charge is 0.408 e. The van der Waals surface area contributed by atoms with Crippen molar-refractivity contribution >= 4 is 18.0 Å². The third kappa shape index (κ3) is 6.50. The molecule has 2 amide bonds. The first-order chi connectivity index (χ1) is 19.2. The van der Waals surface area contributed by atoms with Crippen molar-refractivity contribution < 1.29 is 33.7 Å². The molecule has 0 saturated carbocycles. The van der Waals surface area contributed by atoms with E-state index in [2.05, 4.69) is 10.6 Å². The molecule has 9 nitrogen and oxygen atoms in total. The summed E-state index contributed by atoms with van der Waals surface area (Å²) in [6.07, 6.45) is -1.68. The summed E-state index contributed by atoms with van der Waals surface area (Å²) in [4.78, 5) is 38.2. The molecule has 4 rings (SSSR count). The molecule has 3 atom stereocenters. The van der Waals surface area contributed by atoms with E-state index >= 15 is 0 Å². The summed E-state index contributed by atoms with van der Waals surface area (Å²) in [6, 6.07) is 23.9. The highest BCUT2D eigenvalue weighted by Gasteiger charge is 2.40. The van der Waals surface area contributed by atoms with Crippen LogP contribution < -0.4 is 10.6 Å². The van der Waals surface area contributed by atoms with Crippen LogP contribution in [0, 0.1) is 0 Å². The Morgan fingerprint density at radius 3 is 2.08 bits per heavy atom. The zero-order valence-electron chi connectivity index (χ0n) is 22.8. The topological polar surface area (TPSA) is 123 Å². The number of aliphatic carboxylic acids is 1. The van der Waals surface area contributed by atoms with Crippen LogP contribution >= 0.6 is 0 Å². The van der Waals surface area contributed by atoms with E-state index in [9.17, 15) is 19.5 Å². The normalized spacial score (nSPS) is 15.2. The molecule has 0 saturated heterocycles. The number of hydrogen-bond donors (Lipinski definition) is 3. The van der Waals surface area contributed by atoms with Crippen LogP contribution in [0.3, 0.4) is 0 Å². The number of benzene rings is 3. The van der Waals surface area contributed by atoms with Crippen LogP contribution in [0.1, 0.15) is 36.5 Å². The van der Waals surface area contributed by atoms with Gasteiger partial charge in [0.25, 0.3) is 0 Å². The number of hydrogen-bond acceptors (Lipinski definition) is 6. The van der Waals surface area contributed by atoms with Crippen LogP contribution in [0.15, 0.2) is 78.9 Å². The Morgan fingerprint density at radius 2 is 1.50 bits per heavy atom. The average Bonchev–Trinajstić information content (AvgIpc) is 3.27. The van der Waals surface area contributed by atoms with Gasteiger partial charge in [0.05, 0.1) is 19.3 Å². The van der Waals surface area contributed by atoms with E-state index < -0.39 is 35.7 Å². The number of fused-ring (bicyclic) bond motifs is 3. The Hall–Kier alpha value is -4.21. The fourth-order valence-corrected chi connectivity index (χ4v) is 4.89. The summed E-state index contributed by atoms with van der Waals surface area (Å²) in [6.45, 7) is 3.03. The highest BCUT2D eigenvalue weighted by molar-refractivity contribution is 5.92.